The topological polar surface area (TPSA) is 50.4 Å². The number of rotatable bonds is 2. The number of nitrogens with zero attached hydrogens (tertiary/aromatic N) is 1. The Morgan fingerprint density at radius 1 is 1.20 bits per heavy atom. The zero-order chi connectivity index (χ0) is 10.5. The average molecular weight is 207 g/mol. The van der Waals surface area contributed by atoms with Crippen molar-refractivity contribution in [3.63, 3.8) is 0 Å². The molecule has 0 spiro atoms. The fourth-order valence-electron chi connectivity index (χ4n) is 2.40. The molecule has 1 atom stereocenters. The molecular weight excluding hydrogens is 186 g/mol. The first kappa shape index (κ1) is 10.5. The summed E-state index contributed by atoms with van der Waals surface area (Å²) in [6.45, 7) is 0. The van der Waals surface area contributed by atoms with E-state index < -0.39 is 0 Å². The number of allylic oxidation sites excluding steroid dienone is 1. The lowest BCUT2D eigenvalue weighted by molar-refractivity contribution is 0.547. The molecule has 3 nitrogen and oxygen atoms in total. The summed E-state index contributed by atoms with van der Waals surface area (Å²) in [7, 11) is 0. The van der Waals surface area contributed by atoms with E-state index in [1.54, 1.807) is 0 Å². The maximum atomic E-state index is 5.90. The molecule has 0 heterocycles. The predicted molar refractivity (Wildman–Crippen MR) is 63.8 cm³/mol. The Bertz CT molecular complexity index is 252. The third-order valence-corrected chi connectivity index (χ3v) is 3.27. The van der Waals surface area contributed by atoms with E-state index in [0.717, 1.165) is 12.8 Å². The monoisotopic (exact) mass is 207 g/mol. The molecule has 0 aromatic carbocycles. The van der Waals surface area contributed by atoms with Crippen molar-refractivity contribution in [2.45, 2.75) is 57.0 Å². The molecule has 3 heteroatoms. The number of guanidine groups is 1. The lowest BCUT2D eigenvalue weighted by Gasteiger charge is -2.20. The second kappa shape index (κ2) is 5.19. The molecule has 15 heavy (non-hydrogen) atoms. The lowest BCUT2D eigenvalue weighted by Crippen LogP contribution is -2.41. The standard InChI is InChI=1S/C12H21N3/c13-12(15-11-8-4-5-9-11)14-10-6-2-1-3-7-10/h1-2,10-11H,3-9H2,(H3,13,14,15). The van der Waals surface area contributed by atoms with Gasteiger partial charge in [0.05, 0.1) is 6.04 Å². The Morgan fingerprint density at radius 3 is 2.67 bits per heavy atom. The van der Waals surface area contributed by atoms with Gasteiger partial charge in [0.25, 0.3) is 0 Å². The predicted octanol–water partition coefficient (Wildman–Crippen LogP) is 1.94. The first-order valence-corrected chi connectivity index (χ1v) is 6.09. The largest absolute Gasteiger partial charge is 0.370 e. The normalized spacial score (nSPS) is 28.3. The van der Waals surface area contributed by atoms with Crippen LogP contribution in [0.2, 0.25) is 0 Å². The van der Waals surface area contributed by atoms with Gasteiger partial charge < -0.3 is 11.1 Å². The van der Waals surface area contributed by atoms with Gasteiger partial charge in [-0.05, 0) is 32.1 Å². The van der Waals surface area contributed by atoms with E-state index >= 15 is 0 Å². The molecule has 0 bridgehead atoms. The van der Waals surface area contributed by atoms with Gasteiger partial charge in [0, 0.05) is 6.04 Å². The summed E-state index contributed by atoms with van der Waals surface area (Å²) in [4.78, 5) is 4.53. The maximum absolute atomic E-state index is 5.90. The smallest absolute Gasteiger partial charge is 0.189 e. The Balaban J connectivity index is 1.79. The van der Waals surface area contributed by atoms with E-state index in [9.17, 15) is 0 Å². The summed E-state index contributed by atoms with van der Waals surface area (Å²) >= 11 is 0. The molecule has 0 aromatic rings. The molecular formula is C12H21N3. The minimum atomic E-state index is 0.483. The molecule has 2 rings (SSSR count). The SMILES string of the molecule is NC(=NC1CCCC1)NC1CC=CCC1. The summed E-state index contributed by atoms with van der Waals surface area (Å²) in [5.74, 6) is 0.655. The van der Waals surface area contributed by atoms with Gasteiger partial charge in [0.1, 0.15) is 0 Å². The van der Waals surface area contributed by atoms with Gasteiger partial charge in [0.15, 0.2) is 5.96 Å². The van der Waals surface area contributed by atoms with Crippen LogP contribution in [-0.2, 0) is 0 Å². The third kappa shape index (κ3) is 3.26. The summed E-state index contributed by atoms with van der Waals surface area (Å²) < 4.78 is 0. The van der Waals surface area contributed by atoms with E-state index in [0.29, 0.717) is 18.0 Å². The highest BCUT2D eigenvalue weighted by atomic mass is 15.1. The average Bonchev–Trinajstić information content (AvgIpc) is 2.71. The van der Waals surface area contributed by atoms with Gasteiger partial charge in [-0.1, -0.05) is 25.0 Å². The minimum absolute atomic E-state index is 0.483. The Kier molecular flexibility index (Phi) is 3.64. The minimum Gasteiger partial charge on any atom is -0.370 e. The molecule has 84 valence electrons. The molecule has 1 fully saturated rings. The molecule has 0 amide bonds. The van der Waals surface area contributed by atoms with Crippen LogP contribution in [0.5, 0.6) is 0 Å². The van der Waals surface area contributed by atoms with Crippen molar-refractivity contribution in [3.8, 4) is 0 Å². The van der Waals surface area contributed by atoms with Crippen molar-refractivity contribution >= 4 is 5.96 Å². The van der Waals surface area contributed by atoms with Gasteiger partial charge in [-0.2, -0.15) is 0 Å². The maximum Gasteiger partial charge on any atom is 0.189 e. The van der Waals surface area contributed by atoms with Gasteiger partial charge in [-0.3, -0.25) is 4.99 Å². The Labute approximate surface area is 91.8 Å². The number of nitrogens with two attached hydrogens (primary N) is 1. The molecule has 1 unspecified atom stereocenters. The fourth-order valence-corrected chi connectivity index (χ4v) is 2.40. The Hall–Kier alpha value is -0.990. The van der Waals surface area contributed by atoms with E-state index in [4.69, 9.17) is 5.73 Å². The molecule has 3 N–H and O–H groups in total. The van der Waals surface area contributed by atoms with E-state index in [1.807, 2.05) is 0 Å². The highest BCUT2D eigenvalue weighted by molar-refractivity contribution is 5.78. The third-order valence-electron chi connectivity index (χ3n) is 3.27. The number of nitrogens with one attached hydrogen (secondary N) is 1. The molecule has 0 aliphatic heterocycles. The highest BCUT2D eigenvalue weighted by Gasteiger charge is 2.15. The quantitative estimate of drug-likeness (QED) is 0.413. The van der Waals surface area contributed by atoms with Crippen LogP contribution >= 0.6 is 0 Å². The molecule has 2 aliphatic rings. The van der Waals surface area contributed by atoms with Crippen LogP contribution in [0.3, 0.4) is 0 Å². The Morgan fingerprint density at radius 2 is 2.00 bits per heavy atom. The van der Waals surface area contributed by atoms with Crippen molar-refractivity contribution in [1.29, 1.82) is 0 Å². The summed E-state index contributed by atoms with van der Waals surface area (Å²) in [6, 6.07) is 0.983. The zero-order valence-electron chi connectivity index (χ0n) is 9.28. The first-order chi connectivity index (χ1) is 7.34. The summed E-state index contributed by atoms with van der Waals surface area (Å²) in [5.41, 5.74) is 5.90. The zero-order valence-corrected chi connectivity index (χ0v) is 9.28. The van der Waals surface area contributed by atoms with Gasteiger partial charge in [0.2, 0.25) is 0 Å². The van der Waals surface area contributed by atoms with Crippen LogP contribution in [0, 0.1) is 0 Å². The summed E-state index contributed by atoms with van der Waals surface area (Å²) in [5, 5.41) is 3.32. The number of hydrogen-bond donors (Lipinski definition) is 2. The van der Waals surface area contributed by atoms with Crippen LogP contribution in [-0.4, -0.2) is 18.0 Å². The fraction of sp³-hybridized carbons (Fsp3) is 0.750. The lowest BCUT2D eigenvalue weighted by atomic mass is 10.0. The van der Waals surface area contributed by atoms with Crippen molar-refractivity contribution in [1.82, 2.24) is 5.32 Å². The van der Waals surface area contributed by atoms with E-state index in [2.05, 4.69) is 22.5 Å². The second-order valence-corrected chi connectivity index (χ2v) is 4.58. The van der Waals surface area contributed by atoms with E-state index in [1.165, 1.54) is 32.1 Å². The van der Waals surface area contributed by atoms with Crippen LogP contribution in [0.15, 0.2) is 17.1 Å². The van der Waals surface area contributed by atoms with Crippen LogP contribution in [0.4, 0.5) is 0 Å². The summed E-state index contributed by atoms with van der Waals surface area (Å²) in [6.07, 6.45) is 12.9. The number of aliphatic imine (C=N–C) groups is 1. The van der Waals surface area contributed by atoms with Gasteiger partial charge >= 0.3 is 0 Å². The second-order valence-electron chi connectivity index (χ2n) is 4.58. The van der Waals surface area contributed by atoms with Crippen LogP contribution in [0.25, 0.3) is 0 Å². The van der Waals surface area contributed by atoms with Crippen molar-refractivity contribution in [2.24, 2.45) is 10.7 Å². The van der Waals surface area contributed by atoms with Crippen molar-refractivity contribution in [3.05, 3.63) is 12.2 Å². The van der Waals surface area contributed by atoms with Crippen molar-refractivity contribution in [2.75, 3.05) is 0 Å². The molecule has 0 radical (unpaired) electrons. The van der Waals surface area contributed by atoms with Crippen LogP contribution < -0.4 is 11.1 Å². The molecule has 0 saturated heterocycles. The van der Waals surface area contributed by atoms with E-state index in [-0.39, 0.29) is 0 Å². The molecule has 0 aromatic heterocycles. The van der Waals surface area contributed by atoms with Gasteiger partial charge in [-0.15, -0.1) is 0 Å². The van der Waals surface area contributed by atoms with Gasteiger partial charge in [-0.25, -0.2) is 0 Å². The molecule has 1 saturated carbocycles. The number of hydrogen-bond acceptors (Lipinski definition) is 1. The highest BCUT2D eigenvalue weighted by Crippen LogP contribution is 2.20. The first-order valence-electron chi connectivity index (χ1n) is 6.09. The molecule has 2 aliphatic carbocycles. The van der Waals surface area contributed by atoms with Crippen molar-refractivity contribution < 1.29 is 0 Å². The van der Waals surface area contributed by atoms with Crippen LogP contribution in [0.1, 0.15) is 44.9 Å².